The quantitative estimate of drug-likeness (QED) is 0.799. The summed E-state index contributed by atoms with van der Waals surface area (Å²) in [6.45, 7) is -0.111. The number of hydrogen-bond donors (Lipinski definition) is 1. The zero-order chi connectivity index (χ0) is 14.3. The predicted molar refractivity (Wildman–Crippen MR) is 57.7 cm³/mol. The van der Waals surface area contributed by atoms with Gasteiger partial charge in [0.05, 0.1) is 5.56 Å². The lowest BCUT2D eigenvalue weighted by molar-refractivity contribution is -0.137. The molecule has 1 atom stereocenters. The Morgan fingerprint density at radius 2 is 2.00 bits per heavy atom. The first kappa shape index (κ1) is 14.0. The van der Waals surface area contributed by atoms with Crippen molar-refractivity contribution in [2.75, 3.05) is 13.2 Å². The van der Waals surface area contributed by atoms with Gasteiger partial charge in [0.15, 0.2) is 5.78 Å². The average Bonchev–Trinajstić information content (AvgIpc) is 2.31. The minimum atomic E-state index is -4.64. The van der Waals surface area contributed by atoms with Crippen molar-refractivity contribution in [2.45, 2.75) is 18.1 Å². The number of halogens is 4. The van der Waals surface area contributed by atoms with Crippen LogP contribution in [0.3, 0.4) is 0 Å². The third-order valence-electron chi connectivity index (χ3n) is 3.15. The van der Waals surface area contributed by atoms with Crippen molar-refractivity contribution >= 4 is 5.78 Å². The fourth-order valence-corrected chi connectivity index (χ4v) is 2.00. The van der Waals surface area contributed by atoms with Crippen LogP contribution in [0.15, 0.2) is 18.2 Å². The highest BCUT2D eigenvalue weighted by Crippen LogP contribution is 2.34. The van der Waals surface area contributed by atoms with Crippen LogP contribution in [-0.2, 0) is 21.2 Å². The van der Waals surface area contributed by atoms with Gasteiger partial charge < -0.3 is 10.5 Å². The Labute approximate surface area is 106 Å². The van der Waals surface area contributed by atoms with Crippen molar-refractivity contribution in [2.24, 2.45) is 5.73 Å². The average molecular weight is 277 g/mol. The summed E-state index contributed by atoms with van der Waals surface area (Å²) in [4.78, 5) is 11.7. The standard InChI is InChI=1S/C12H11F4NO2/c13-9-5-7(12(14,15)16)1-2-8(9)11(17)3-4-19-6-10(11)18/h1-2,5H,3-4,6,17H2. The van der Waals surface area contributed by atoms with Gasteiger partial charge in [0.1, 0.15) is 18.0 Å². The molecule has 1 fully saturated rings. The molecule has 1 aromatic carbocycles. The lowest BCUT2D eigenvalue weighted by Crippen LogP contribution is -2.51. The Morgan fingerprint density at radius 3 is 2.53 bits per heavy atom. The topological polar surface area (TPSA) is 52.3 Å². The van der Waals surface area contributed by atoms with Crippen molar-refractivity contribution in [3.05, 3.63) is 35.1 Å². The summed E-state index contributed by atoms with van der Waals surface area (Å²) in [5.74, 6) is -1.68. The van der Waals surface area contributed by atoms with Gasteiger partial charge in [-0.15, -0.1) is 0 Å². The summed E-state index contributed by atoms with van der Waals surface area (Å²) in [7, 11) is 0. The molecule has 1 heterocycles. The molecule has 1 unspecified atom stereocenters. The number of rotatable bonds is 1. The number of hydrogen-bond acceptors (Lipinski definition) is 3. The van der Waals surface area contributed by atoms with E-state index in [0.717, 1.165) is 12.1 Å². The van der Waals surface area contributed by atoms with Crippen molar-refractivity contribution < 1.29 is 27.1 Å². The van der Waals surface area contributed by atoms with E-state index in [-0.39, 0.29) is 25.2 Å². The van der Waals surface area contributed by atoms with Gasteiger partial charge in [0, 0.05) is 18.6 Å². The van der Waals surface area contributed by atoms with Crippen LogP contribution in [0.1, 0.15) is 17.5 Å². The second-order valence-electron chi connectivity index (χ2n) is 4.39. The lowest BCUT2D eigenvalue weighted by Gasteiger charge is -2.32. The first-order chi connectivity index (χ1) is 8.75. The molecule has 0 saturated carbocycles. The molecule has 7 heteroatoms. The highest BCUT2D eigenvalue weighted by Gasteiger charge is 2.41. The molecule has 3 nitrogen and oxygen atoms in total. The Kier molecular flexibility index (Phi) is 3.36. The zero-order valence-corrected chi connectivity index (χ0v) is 9.76. The summed E-state index contributed by atoms with van der Waals surface area (Å²) in [6.07, 6.45) is -4.60. The number of Topliss-reactive ketones (excluding diaryl/α,β-unsaturated/α-hetero) is 1. The number of ether oxygens (including phenoxy) is 1. The van der Waals surface area contributed by atoms with E-state index in [2.05, 4.69) is 0 Å². The molecule has 1 aliphatic rings. The summed E-state index contributed by atoms with van der Waals surface area (Å²) in [5.41, 5.74) is 2.87. The number of carbonyl (C=O) groups is 1. The van der Waals surface area contributed by atoms with Crippen LogP contribution in [0.25, 0.3) is 0 Å². The van der Waals surface area contributed by atoms with E-state index in [4.69, 9.17) is 10.5 Å². The number of nitrogens with two attached hydrogens (primary N) is 1. The third kappa shape index (κ3) is 2.48. The van der Waals surface area contributed by atoms with Crippen LogP contribution < -0.4 is 5.73 Å². The molecule has 0 bridgehead atoms. The van der Waals surface area contributed by atoms with E-state index in [9.17, 15) is 22.4 Å². The molecule has 19 heavy (non-hydrogen) atoms. The predicted octanol–water partition coefficient (Wildman–Crippen LogP) is 1.99. The molecule has 2 rings (SSSR count). The Morgan fingerprint density at radius 1 is 1.32 bits per heavy atom. The van der Waals surface area contributed by atoms with E-state index in [1.807, 2.05) is 0 Å². The second kappa shape index (κ2) is 4.57. The summed E-state index contributed by atoms with van der Waals surface area (Å²) in [6, 6.07) is 1.99. The van der Waals surface area contributed by atoms with Crippen molar-refractivity contribution in [1.82, 2.24) is 0 Å². The van der Waals surface area contributed by atoms with Crippen molar-refractivity contribution in [3.63, 3.8) is 0 Å². The number of benzene rings is 1. The van der Waals surface area contributed by atoms with Gasteiger partial charge >= 0.3 is 6.18 Å². The van der Waals surface area contributed by atoms with Gasteiger partial charge in [0.2, 0.25) is 0 Å². The SMILES string of the molecule is NC1(c2ccc(C(F)(F)F)cc2F)CCOCC1=O. The lowest BCUT2D eigenvalue weighted by atomic mass is 9.82. The normalized spacial score (nSPS) is 24.6. The minimum Gasteiger partial charge on any atom is -0.373 e. The van der Waals surface area contributed by atoms with Crippen LogP contribution in [0.2, 0.25) is 0 Å². The van der Waals surface area contributed by atoms with E-state index in [1.165, 1.54) is 0 Å². The number of ketones is 1. The first-order valence-electron chi connectivity index (χ1n) is 5.52. The van der Waals surface area contributed by atoms with E-state index in [0.29, 0.717) is 6.07 Å². The van der Waals surface area contributed by atoms with Gasteiger partial charge in [-0.25, -0.2) is 4.39 Å². The summed E-state index contributed by atoms with van der Waals surface area (Å²) < 4.78 is 56.0. The van der Waals surface area contributed by atoms with Gasteiger partial charge in [-0.1, -0.05) is 6.07 Å². The van der Waals surface area contributed by atoms with E-state index >= 15 is 0 Å². The van der Waals surface area contributed by atoms with E-state index < -0.39 is 28.9 Å². The molecule has 1 aromatic rings. The Bertz CT molecular complexity index is 515. The van der Waals surface area contributed by atoms with Gasteiger partial charge in [-0.05, 0) is 12.1 Å². The van der Waals surface area contributed by atoms with E-state index in [1.54, 1.807) is 0 Å². The fourth-order valence-electron chi connectivity index (χ4n) is 2.00. The number of alkyl halides is 3. The zero-order valence-electron chi connectivity index (χ0n) is 9.76. The minimum absolute atomic E-state index is 0.0358. The molecular formula is C12H11F4NO2. The van der Waals surface area contributed by atoms with Crippen molar-refractivity contribution in [1.29, 1.82) is 0 Å². The maximum absolute atomic E-state index is 13.8. The molecule has 104 valence electrons. The van der Waals surface area contributed by atoms with Crippen molar-refractivity contribution in [3.8, 4) is 0 Å². The van der Waals surface area contributed by atoms with Gasteiger partial charge in [-0.3, -0.25) is 4.79 Å². The Balaban J connectivity index is 2.43. The fraction of sp³-hybridized carbons (Fsp3) is 0.417. The first-order valence-corrected chi connectivity index (χ1v) is 5.52. The maximum atomic E-state index is 13.8. The highest BCUT2D eigenvalue weighted by molar-refractivity contribution is 5.91. The van der Waals surface area contributed by atoms with Crippen LogP contribution >= 0.6 is 0 Å². The molecule has 1 aliphatic heterocycles. The van der Waals surface area contributed by atoms with Gasteiger partial charge in [0.25, 0.3) is 0 Å². The number of carbonyl (C=O) groups excluding carboxylic acids is 1. The maximum Gasteiger partial charge on any atom is 0.416 e. The molecule has 0 spiro atoms. The summed E-state index contributed by atoms with van der Waals surface area (Å²) >= 11 is 0. The molecule has 1 saturated heterocycles. The second-order valence-corrected chi connectivity index (χ2v) is 4.39. The monoisotopic (exact) mass is 277 g/mol. The van der Waals surface area contributed by atoms with Crippen LogP contribution in [0, 0.1) is 5.82 Å². The largest absolute Gasteiger partial charge is 0.416 e. The highest BCUT2D eigenvalue weighted by atomic mass is 19.4. The molecule has 0 aliphatic carbocycles. The smallest absolute Gasteiger partial charge is 0.373 e. The third-order valence-corrected chi connectivity index (χ3v) is 3.15. The molecular weight excluding hydrogens is 266 g/mol. The van der Waals surface area contributed by atoms with Crippen LogP contribution in [0.4, 0.5) is 17.6 Å². The molecule has 2 N–H and O–H groups in total. The molecule has 0 radical (unpaired) electrons. The molecule has 0 aromatic heterocycles. The Hall–Kier alpha value is -1.47. The van der Waals surface area contributed by atoms with Crippen LogP contribution in [-0.4, -0.2) is 19.0 Å². The summed E-state index contributed by atoms with van der Waals surface area (Å²) in [5, 5.41) is 0. The van der Waals surface area contributed by atoms with Gasteiger partial charge in [-0.2, -0.15) is 13.2 Å². The molecule has 0 amide bonds. The van der Waals surface area contributed by atoms with Crippen LogP contribution in [0.5, 0.6) is 0 Å².